The second-order valence-electron chi connectivity index (χ2n) is 0.429. The summed E-state index contributed by atoms with van der Waals surface area (Å²) < 4.78 is 0. The number of terminal acetylenes is 1. The summed E-state index contributed by atoms with van der Waals surface area (Å²) in [7, 11) is 0. The standard InChI is InChI=1S/C4H2O/c1-2-3-4-5/h1,3H. The van der Waals surface area contributed by atoms with Crippen molar-refractivity contribution in [3.63, 3.8) is 0 Å². The van der Waals surface area contributed by atoms with Crippen LogP contribution in [-0.2, 0) is 4.79 Å². The van der Waals surface area contributed by atoms with Crippen LogP contribution in [0.15, 0.2) is 6.08 Å². The molecule has 0 unspecified atom stereocenters. The fourth-order valence-corrected chi connectivity index (χ4v) is 0.0340. The molecule has 0 aromatic carbocycles. The Morgan fingerprint density at radius 3 is 2.40 bits per heavy atom. The third kappa shape index (κ3) is 3.01. The summed E-state index contributed by atoms with van der Waals surface area (Å²) in [5, 5.41) is 0. The van der Waals surface area contributed by atoms with Crippen LogP contribution in [-0.4, -0.2) is 5.94 Å². The number of hydrogen-bond donors (Lipinski definition) is 0. The zero-order valence-electron chi connectivity index (χ0n) is 2.56. The zero-order chi connectivity index (χ0) is 4.12. The van der Waals surface area contributed by atoms with Gasteiger partial charge in [-0.05, 0) is 0 Å². The predicted molar refractivity (Wildman–Crippen MR) is 19.1 cm³/mol. The highest BCUT2D eigenvalue weighted by molar-refractivity contribution is 5.50. The van der Waals surface area contributed by atoms with E-state index in [0.29, 0.717) is 0 Å². The van der Waals surface area contributed by atoms with Crippen molar-refractivity contribution in [1.82, 2.24) is 0 Å². The molecular weight excluding hydrogens is 64.0 g/mol. The molecule has 0 rings (SSSR count). The molecule has 0 aromatic rings. The van der Waals surface area contributed by atoms with Crippen molar-refractivity contribution in [3.05, 3.63) is 6.08 Å². The molecule has 5 heavy (non-hydrogen) atoms. The van der Waals surface area contributed by atoms with Crippen LogP contribution >= 0.6 is 0 Å². The molecule has 0 amide bonds. The number of hydrogen-bond acceptors (Lipinski definition) is 1. The molecule has 0 aliphatic heterocycles. The van der Waals surface area contributed by atoms with E-state index in [1.54, 1.807) is 0 Å². The van der Waals surface area contributed by atoms with E-state index in [1.165, 1.54) is 5.94 Å². The second-order valence-corrected chi connectivity index (χ2v) is 0.429. The van der Waals surface area contributed by atoms with E-state index in [0.717, 1.165) is 6.08 Å². The highest BCUT2D eigenvalue weighted by Gasteiger charge is 1.40. The first-order valence-corrected chi connectivity index (χ1v) is 1.07. The van der Waals surface area contributed by atoms with Gasteiger partial charge < -0.3 is 0 Å². The lowest BCUT2D eigenvalue weighted by molar-refractivity contribution is 0.569. The van der Waals surface area contributed by atoms with Crippen LogP contribution in [0.2, 0.25) is 0 Å². The Morgan fingerprint density at radius 2 is 2.40 bits per heavy atom. The maximum atomic E-state index is 9.08. The van der Waals surface area contributed by atoms with Crippen molar-refractivity contribution in [1.29, 1.82) is 0 Å². The van der Waals surface area contributed by atoms with Gasteiger partial charge in [-0.3, -0.25) is 0 Å². The molecule has 0 aromatic heterocycles. The summed E-state index contributed by atoms with van der Waals surface area (Å²) >= 11 is 0. The molecule has 0 aliphatic rings. The fraction of sp³-hybridized carbons (Fsp3) is 0. The molecular formula is C4H2O. The number of carbonyl (C=O) groups excluding carboxylic acids is 1. The summed E-state index contributed by atoms with van der Waals surface area (Å²) in [5.74, 6) is 3.38. The number of allylic oxidation sites excluding steroid dienone is 1. The molecule has 24 valence electrons. The minimum atomic E-state index is 0.972. The summed E-state index contributed by atoms with van der Waals surface area (Å²) in [6.07, 6.45) is 5.54. The summed E-state index contributed by atoms with van der Waals surface area (Å²) in [5.41, 5.74) is 0. The quantitative estimate of drug-likeness (QED) is 0.287. The molecule has 0 atom stereocenters. The lowest BCUT2D eigenvalue weighted by Crippen LogP contribution is -1.40. The molecule has 0 heterocycles. The first kappa shape index (κ1) is 4.01. The smallest absolute Gasteiger partial charge is 0.133 e. The third-order valence-electron chi connectivity index (χ3n) is 0.142. The molecule has 0 bridgehead atoms. The highest BCUT2D eigenvalue weighted by atomic mass is 16.1. The van der Waals surface area contributed by atoms with Gasteiger partial charge in [-0.1, -0.05) is 5.92 Å². The second kappa shape index (κ2) is 3.01. The van der Waals surface area contributed by atoms with Crippen LogP contribution in [0, 0.1) is 12.3 Å². The Hall–Kier alpha value is -0.990. The molecule has 0 spiro atoms. The van der Waals surface area contributed by atoms with Gasteiger partial charge in [0.2, 0.25) is 0 Å². The van der Waals surface area contributed by atoms with Gasteiger partial charge in [0.15, 0.2) is 0 Å². The van der Waals surface area contributed by atoms with E-state index in [1.807, 2.05) is 5.92 Å². The van der Waals surface area contributed by atoms with Gasteiger partial charge in [0.25, 0.3) is 0 Å². The Kier molecular flexibility index (Phi) is 2.41. The SMILES string of the molecule is C#CC=C=O. The van der Waals surface area contributed by atoms with Gasteiger partial charge in [-0.15, -0.1) is 6.42 Å². The van der Waals surface area contributed by atoms with E-state index in [2.05, 4.69) is 6.42 Å². The summed E-state index contributed by atoms with van der Waals surface area (Å²) in [6, 6.07) is 0. The molecule has 1 heteroatoms. The van der Waals surface area contributed by atoms with E-state index in [4.69, 9.17) is 4.79 Å². The van der Waals surface area contributed by atoms with Crippen molar-refractivity contribution in [2.45, 2.75) is 0 Å². The Labute approximate surface area is 30.3 Å². The van der Waals surface area contributed by atoms with Crippen LogP contribution in [0.5, 0.6) is 0 Å². The number of rotatable bonds is 0. The maximum absolute atomic E-state index is 9.08. The van der Waals surface area contributed by atoms with Crippen molar-refractivity contribution in [2.75, 3.05) is 0 Å². The first-order chi connectivity index (χ1) is 2.41. The Morgan fingerprint density at radius 1 is 1.80 bits per heavy atom. The molecule has 0 N–H and O–H groups in total. The monoisotopic (exact) mass is 66.0 g/mol. The van der Waals surface area contributed by atoms with Crippen LogP contribution < -0.4 is 0 Å². The molecule has 0 saturated heterocycles. The highest BCUT2D eigenvalue weighted by Crippen LogP contribution is 1.40. The minimum absolute atomic E-state index is 0.972. The molecule has 0 fully saturated rings. The van der Waals surface area contributed by atoms with Gasteiger partial charge in [0, 0.05) is 0 Å². The third-order valence-corrected chi connectivity index (χ3v) is 0.142. The lowest BCUT2D eigenvalue weighted by Gasteiger charge is -1.37. The molecule has 1 nitrogen and oxygen atoms in total. The van der Waals surface area contributed by atoms with Crippen LogP contribution in [0.25, 0.3) is 0 Å². The van der Waals surface area contributed by atoms with E-state index in [-0.39, 0.29) is 0 Å². The van der Waals surface area contributed by atoms with Crippen molar-refractivity contribution < 1.29 is 4.79 Å². The maximum Gasteiger partial charge on any atom is 0.133 e. The average molecular weight is 66.1 g/mol. The predicted octanol–water partition coefficient (Wildman–Crippen LogP) is 0.00740. The van der Waals surface area contributed by atoms with Crippen LogP contribution in [0.1, 0.15) is 0 Å². The van der Waals surface area contributed by atoms with E-state index in [9.17, 15) is 0 Å². The van der Waals surface area contributed by atoms with E-state index < -0.39 is 0 Å². The van der Waals surface area contributed by atoms with Gasteiger partial charge in [0.05, 0.1) is 6.08 Å². The Bertz CT molecular complexity index is 90.7. The fourth-order valence-electron chi connectivity index (χ4n) is 0.0340. The van der Waals surface area contributed by atoms with Gasteiger partial charge in [-0.25, -0.2) is 4.79 Å². The summed E-state index contributed by atoms with van der Waals surface area (Å²) in [4.78, 5) is 9.08. The van der Waals surface area contributed by atoms with Crippen molar-refractivity contribution >= 4 is 5.94 Å². The van der Waals surface area contributed by atoms with Crippen molar-refractivity contribution in [3.8, 4) is 12.3 Å². The van der Waals surface area contributed by atoms with Gasteiger partial charge >= 0.3 is 0 Å². The van der Waals surface area contributed by atoms with Crippen LogP contribution in [0.3, 0.4) is 0 Å². The molecule has 0 saturated carbocycles. The normalized spacial score (nSPS) is 3.80. The molecule has 0 aliphatic carbocycles. The van der Waals surface area contributed by atoms with Crippen molar-refractivity contribution in [2.24, 2.45) is 0 Å². The average Bonchev–Trinajstić information content (AvgIpc) is 1.41. The zero-order valence-corrected chi connectivity index (χ0v) is 2.56. The lowest BCUT2D eigenvalue weighted by atomic mass is 10.7. The Balaban J connectivity index is 3.46. The van der Waals surface area contributed by atoms with Crippen LogP contribution in [0.4, 0.5) is 0 Å². The first-order valence-electron chi connectivity index (χ1n) is 1.07. The van der Waals surface area contributed by atoms with E-state index >= 15 is 0 Å². The van der Waals surface area contributed by atoms with Gasteiger partial charge in [0.1, 0.15) is 5.94 Å². The minimum Gasteiger partial charge on any atom is -0.233 e. The molecule has 0 radical (unpaired) electrons. The van der Waals surface area contributed by atoms with Gasteiger partial charge in [-0.2, -0.15) is 0 Å². The summed E-state index contributed by atoms with van der Waals surface area (Å²) in [6.45, 7) is 0. The topological polar surface area (TPSA) is 17.1 Å². The largest absolute Gasteiger partial charge is 0.233 e.